The fourth-order valence-corrected chi connectivity index (χ4v) is 2.01. The minimum atomic E-state index is -0.229. The normalized spacial score (nSPS) is 12.2. The number of ether oxygens (including phenoxy) is 1. The van der Waals surface area contributed by atoms with E-state index in [0.717, 1.165) is 0 Å². The van der Waals surface area contributed by atoms with E-state index < -0.39 is 0 Å². The Morgan fingerprint density at radius 1 is 1.73 bits per heavy atom. The van der Waals surface area contributed by atoms with E-state index in [0.29, 0.717) is 15.8 Å². The highest BCUT2D eigenvalue weighted by molar-refractivity contribution is 7.99. The lowest BCUT2D eigenvalue weighted by molar-refractivity contribution is -0.143. The van der Waals surface area contributed by atoms with Crippen LogP contribution in [0.2, 0.25) is 5.02 Å². The summed E-state index contributed by atoms with van der Waals surface area (Å²) >= 11 is 7.27. The Kier molecular flexibility index (Phi) is 4.84. The smallest absolute Gasteiger partial charge is 0.309 e. The summed E-state index contributed by atoms with van der Waals surface area (Å²) in [6.45, 7) is 1.80. The minimum Gasteiger partial charge on any atom is -0.469 e. The molecule has 0 spiro atoms. The summed E-state index contributed by atoms with van der Waals surface area (Å²) in [6, 6.07) is 0. The fourth-order valence-electron chi connectivity index (χ4n) is 0.881. The second-order valence-electron chi connectivity index (χ2n) is 2.91. The maximum Gasteiger partial charge on any atom is 0.309 e. The predicted molar refractivity (Wildman–Crippen MR) is 58.9 cm³/mol. The maximum atomic E-state index is 11.1. The molecule has 1 unspecified atom stereocenters. The van der Waals surface area contributed by atoms with Gasteiger partial charge in [-0.1, -0.05) is 18.5 Å². The molecule has 0 aliphatic rings. The molecule has 1 aromatic heterocycles. The first kappa shape index (κ1) is 12.3. The van der Waals surface area contributed by atoms with E-state index in [-0.39, 0.29) is 11.9 Å². The van der Waals surface area contributed by atoms with Gasteiger partial charge in [-0.3, -0.25) is 4.79 Å². The van der Waals surface area contributed by atoms with Gasteiger partial charge in [-0.25, -0.2) is 9.97 Å². The van der Waals surface area contributed by atoms with Gasteiger partial charge in [0, 0.05) is 5.75 Å². The van der Waals surface area contributed by atoms with Crippen LogP contribution in [0.15, 0.2) is 17.6 Å². The van der Waals surface area contributed by atoms with E-state index in [2.05, 4.69) is 14.7 Å². The van der Waals surface area contributed by atoms with E-state index in [1.807, 2.05) is 0 Å². The van der Waals surface area contributed by atoms with Crippen LogP contribution in [0.25, 0.3) is 0 Å². The number of nitrogens with zero attached hydrogens (tertiary/aromatic N) is 2. The van der Waals surface area contributed by atoms with Gasteiger partial charge in [0.1, 0.15) is 11.4 Å². The quantitative estimate of drug-likeness (QED) is 0.462. The van der Waals surface area contributed by atoms with E-state index in [1.165, 1.54) is 31.4 Å². The molecule has 0 amide bonds. The highest BCUT2D eigenvalue weighted by atomic mass is 35.5. The van der Waals surface area contributed by atoms with Crippen molar-refractivity contribution in [2.75, 3.05) is 12.9 Å². The van der Waals surface area contributed by atoms with Crippen molar-refractivity contribution in [3.8, 4) is 0 Å². The largest absolute Gasteiger partial charge is 0.469 e. The van der Waals surface area contributed by atoms with Crippen molar-refractivity contribution < 1.29 is 9.53 Å². The van der Waals surface area contributed by atoms with Gasteiger partial charge < -0.3 is 4.74 Å². The summed E-state index contributed by atoms with van der Waals surface area (Å²) < 4.78 is 4.61. The van der Waals surface area contributed by atoms with Crippen LogP contribution in [0.5, 0.6) is 0 Å². The predicted octanol–water partition coefficient (Wildman–Crippen LogP) is 2.03. The zero-order chi connectivity index (χ0) is 11.3. The third kappa shape index (κ3) is 3.68. The Hall–Kier alpha value is -0.810. The SMILES string of the molecule is COC(=O)C(C)CSc1ncncc1Cl. The van der Waals surface area contributed by atoms with Crippen LogP contribution >= 0.6 is 23.4 Å². The van der Waals surface area contributed by atoms with Crippen molar-refractivity contribution in [1.29, 1.82) is 0 Å². The Balaban J connectivity index is 2.50. The Labute approximate surface area is 97.4 Å². The number of carbonyl (C=O) groups is 1. The third-order valence-electron chi connectivity index (χ3n) is 1.71. The van der Waals surface area contributed by atoms with Crippen LogP contribution in [-0.2, 0) is 9.53 Å². The Morgan fingerprint density at radius 3 is 3.07 bits per heavy atom. The molecule has 1 aromatic rings. The summed E-state index contributed by atoms with van der Waals surface area (Å²) in [5.74, 6) is 0.183. The Bertz CT molecular complexity index is 349. The van der Waals surface area contributed by atoms with Crippen LogP contribution in [0, 0.1) is 5.92 Å². The minimum absolute atomic E-state index is 0.175. The van der Waals surface area contributed by atoms with Gasteiger partial charge in [-0.2, -0.15) is 0 Å². The van der Waals surface area contributed by atoms with Crippen molar-refractivity contribution in [2.45, 2.75) is 11.9 Å². The van der Waals surface area contributed by atoms with Gasteiger partial charge in [0.15, 0.2) is 0 Å². The van der Waals surface area contributed by atoms with Crippen molar-refractivity contribution in [2.24, 2.45) is 5.92 Å². The topological polar surface area (TPSA) is 52.1 Å². The molecule has 0 N–H and O–H groups in total. The number of esters is 1. The Morgan fingerprint density at radius 2 is 2.47 bits per heavy atom. The van der Waals surface area contributed by atoms with Crippen molar-refractivity contribution in [3.05, 3.63) is 17.5 Å². The molecule has 0 aromatic carbocycles. The molecule has 0 fully saturated rings. The van der Waals surface area contributed by atoms with E-state index in [4.69, 9.17) is 11.6 Å². The molecule has 0 aliphatic heterocycles. The number of halogens is 1. The van der Waals surface area contributed by atoms with Crippen LogP contribution in [0.3, 0.4) is 0 Å². The van der Waals surface area contributed by atoms with Gasteiger partial charge in [0.2, 0.25) is 0 Å². The first-order chi connectivity index (χ1) is 7.15. The number of methoxy groups -OCH3 is 1. The lowest BCUT2D eigenvalue weighted by Gasteiger charge is -2.08. The van der Waals surface area contributed by atoms with Crippen molar-refractivity contribution >= 4 is 29.3 Å². The number of rotatable bonds is 4. The highest BCUT2D eigenvalue weighted by Crippen LogP contribution is 2.25. The molecule has 15 heavy (non-hydrogen) atoms. The molecule has 82 valence electrons. The molecule has 0 saturated heterocycles. The molecule has 6 heteroatoms. The van der Waals surface area contributed by atoms with E-state index in [1.54, 1.807) is 6.92 Å². The van der Waals surface area contributed by atoms with E-state index >= 15 is 0 Å². The molecule has 1 rings (SSSR count). The zero-order valence-corrected chi connectivity index (χ0v) is 10.0. The van der Waals surface area contributed by atoms with Crippen molar-refractivity contribution in [3.63, 3.8) is 0 Å². The lowest BCUT2D eigenvalue weighted by atomic mass is 10.2. The third-order valence-corrected chi connectivity index (χ3v) is 3.36. The molecule has 0 bridgehead atoms. The van der Waals surface area contributed by atoms with Gasteiger partial charge >= 0.3 is 5.97 Å². The first-order valence-corrected chi connectivity index (χ1v) is 5.67. The molecule has 0 saturated carbocycles. The lowest BCUT2D eigenvalue weighted by Crippen LogP contribution is -2.14. The van der Waals surface area contributed by atoms with E-state index in [9.17, 15) is 4.79 Å². The molecule has 0 radical (unpaired) electrons. The molecule has 4 nitrogen and oxygen atoms in total. The monoisotopic (exact) mass is 246 g/mol. The van der Waals surface area contributed by atoms with Crippen LogP contribution < -0.4 is 0 Å². The highest BCUT2D eigenvalue weighted by Gasteiger charge is 2.14. The second kappa shape index (κ2) is 5.92. The molecular weight excluding hydrogens is 236 g/mol. The van der Waals surface area contributed by atoms with Gasteiger partial charge in [0.05, 0.1) is 24.2 Å². The number of carbonyl (C=O) groups excluding carboxylic acids is 1. The number of aromatic nitrogens is 2. The number of hydrogen-bond donors (Lipinski definition) is 0. The summed E-state index contributed by atoms with van der Waals surface area (Å²) in [7, 11) is 1.38. The average Bonchev–Trinajstić information content (AvgIpc) is 2.26. The zero-order valence-electron chi connectivity index (χ0n) is 8.44. The van der Waals surface area contributed by atoms with Crippen LogP contribution in [0.4, 0.5) is 0 Å². The van der Waals surface area contributed by atoms with Crippen molar-refractivity contribution in [1.82, 2.24) is 9.97 Å². The summed E-state index contributed by atoms with van der Waals surface area (Å²) in [5, 5.41) is 1.18. The first-order valence-electron chi connectivity index (χ1n) is 4.31. The fraction of sp³-hybridized carbons (Fsp3) is 0.444. The molecule has 0 aliphatic carbocycles. The average molecular weight is 247 g/mol. The summed E-state index contributed by atoms with van der Waals surface area (Å²) in [6.07, 6.45) is 2.96. The summed E-state index contributed by atoms with van der Waals surface area (Å²) in [5.41, 5.74) is 0. The second-order valence-corrected chi connectivity index (χ2v) is 4.33. The standard InChI is InChI=1S/C9H11ClN2O2S/c1-6(9(13)14-2)4-15-8-7(10)3-11-5-12-8/h3,5-6H,4H2,1-2H3. The summed E-state index contributed by atoms with van der Waals surface area (Å²) in [4.78, 5) is 18.9. The van der Waals surface area contributed by atoms with Gasteiger partial charge in [0.25, 0.3) is 0 Å². The number of hydrogen-bond acceptors (Lipinski definition) is 5. The molecule has 1 atom stereocenters. The van der Waals surface area contributed by atoms with Gasteiger partial charge in [-0.15, -0.1) is 11.8 Å². The van der Waals surface area contributed by atoms with Gasteiger partial charge in [-0.05, 0) is 0 Å². The maximum absolute atomic E-state index is 11.1. The van der Waals surface area contributed by atoms with Crippen LogP contribution in [-0.4, -0.2) is 28.8 Å². The molecule has 1 heterocycles. The van der Waals surface area contributed by atoms with Crippen LogP contribution in [0.1, 0.15) is 6.92 Å². The number of thioether (sulfide) groups is 1. The molecular formula is C9H11ClN2O2S.